The highest BCUT2D eigenvalue weighted by Crippen LogP contribution is 2.24. The van der Waals surface area contributed by atoms with Crippen LogP contribution in [0.4, 0.5) is 0 Å². The largest absolute Gasteiger partial charge is 0.481 e. The molecular weight excluding hydrogens is 344 g/mol. The van der Waals surface area contributed by atoms with E-state index >= 15 is 0 Å². The van der Waals surface area contributed by atoms with Gasteiger partial charge in [0.15, 0.2) is 0 Å². The first-order valence-electron chi connectivity index (χ1n) is 9.41. The summed E-state index contributed by atoms with van der Waals surface area (Å²) in [7, 11) is 0. The summed E-state index contributed by atoms with van der Waals surface area (Å²) in [6.07, 6.45) is 2.05. The number of aryl methyl sites for hydroxylation is 2. The van der Waals surface area contributed by atoms with Crippen molar-refractivity contribution < 1.29 is 19.4 Å². The first-order valence-corrected chi connectivity index (χ1v) is 9.41. The second-order valence-corrected chi connectivity index (χ2v) is 7.11. The molecule has 0 aliphatic carbocycles. The van der Waals surface area contributed by atoms with Gasteiger partial charge < -0.3 is 14.7 Å². The van der Waals surface area contributed by atoms with E-state index in [4.69, 9.17) is 9.84 Å². The Kier molecular flexibility index (Phi) is 6.06. The fourth-order valence-corrected chi connectivity index (χ4v) is 3.68. The highest BCUT2D eigenvalue weighted by molar-refractivity contribution is 5.86. The van der Waals surface area contributed by atoms with Crippen molar-refractivity contribution in [1.82, 2.24) is 9.88 Å². The molecule has 3 rings (SSSR count). The molecule has 6 heteroatoms. The zero-order chi connectivity index (χ0) is 19.4. The zero-order valence-electron chi connectivity index (χ0n) is 15.9. The monoisotopic (exact) mass is 370 g/mol. The van der Waals surface area contributed by atoms with E-state index in [1.807, 2.05) is 38.1 Å². The third kappa shape index (κ3) is 4.63. The number of carboxylic acids is 1. The van der Waals surface area contributed by atoms with Gasteiger partial charge in [-0.2, -0.15) is 0 Å². The number of carbonyl (C=O) groups is 2. The Labute approximate surface area is 159 Å². The standard InChI is InChI=1S/C21H26N2O4/c1-14-17-7-3-4-8-19(17)22-15(2)18(14)12-20(24)23(10-9-21(25)26)13-16-6-5-11-27-16/h3-4,7-8,16H,5-6,9-13H2,1-2H3,(H,25,26)/t16-/m0/s1. The highest BCUT2D eigenvalue weighted by atomic mass is 16.5. The van der Waals surface area contributed by atoms with Crippen LogP contribution in [0.1, 0.15) is 36.1 Å². The summed E-state index contributed by atoms with van der Waals surface area (Å²) in [5.74, 6) is -0.977. The van der Waals surface area contributed by atoms with Crippen LogP contribution in [0.3, 0.4) is 0 Å². The zero-order valence-corrected chi connectivity index (χ0v) is 15.9. The number of carboxylic acid groups (broad SMARTS) is 1. The number of hydrogen-bond donors (Lipinski definition) is 1. The lowest BCUT2D eigenvalue weighted by molar-refractivity contribution is -0.139. The van der Waals surface area contributed by atoms with Crippen molar-refractivity contribution in [2.45, 2.75) is 45.6 Å². The van der Waals surface area contributed by atoms with Gasteiger partial charge in [-0.3, -0.25) is 14.6 Å². The van der Waals surface area contributed by atoms with Crippen LogP contribution in [0.25, 0.3) is 10.9 Å². The Morgan fingerprint density at radius 3 is 2.78 bits per heavy atom. The van der Waals surface area contributed by atoms with E-state index in [0.717, 1.165) is 40.6 Å². The molecule has 1 amide bonds. The molecule has 1 N–H and O–H groups in total. The number of aliphatic carboxylic acids is 1. The summed E-state index contributed by atoms with van der Waals surface area (Å²) in [6, 6.07) is 7.90. The molecule has 0 spiro atoms. The molecule has 1 saturated heterocycles. The number of amides is 1. The summed E-state index contributed by atoms with van der Waals surface area (Å²) < 4.78 is 5.64. The average Bonchev–Trinajstić information content (AvgIpc) is 3.15. The van der Waals surface area contributed by atoms with Crippen molar-refractivity contribution in [2.24, 2.45) is 0 Å². The number of carbonyl (C=O) groups excluding carboxylic acids is 1. The fourth-order valence-electron chi connectivity index (χ4n) is 3.68. The van der Waals surface area contributed by atoms with Crippen molar-refractivity contribution in [3.63, 3.8) is 0 Å². The molecule has 2 heterocycles. The van der Waals surface area contributed by atoms with E-state index < -0.39 is 5.97 Å². The SMILES string of the molecule is Cc1nc2ccccc2c(C)c1CC(=O)N(CCC(=O)O)C[C@@H]1CCCO1. The van der Waals surface area contributed by atoms with Gasteiger partial charge in [-0.1, -0.05) is 18.2 Å². The van der Waals surface area contributed by atoms with E-state index in [-0.39, 0.29) is 31.4 Å². The summed E-state index contributed by atoms with van der Waals surface area (Å²) in [5, 5.41) is 10.1. The molecule has 144 valence electrons. The van der Waals surface area contributed by atoms with E-state index in [9.17, 15) is 9.59 Å². The Morgan fingerprint density at radius 1 is 1.30 bits per heavy atom. The quantitative estimate of drug-likeness (QED) is 0.811. The average molecular weight is 370 g/mol. The molecule has 0 bridgehead atoms. The number of pyridine rings is 1. The molecule has 1 fully saturated rings. The van der Waals surface area contributed by atoms with Gasteiger partial charge in [0.25, 0.3) is 0 Å². The van der Waals surface area contributed by atoms with Gasteiger partial charge in [-0.25, -0.2) is 0 Å². The van der Waals surface area contributed by atoms with Crippen LogP contribution in [-0.2, 0) is 20.7 Å². The second kappa shape index (κ2) is 8.48. The lowest BCUT2D eigenvalue weighted by atomic mass is 9.99. The molecule has 6 nitrogen and oxygen atoms in total. The Bertz CT molecular complexity index is 843. The van der Waals surface area contributed by atoms with Crippen LogP contribution in [0.2, 0.25) is 0 Å². The maximum atomic E-state index is 13.0. The Hall–Kier alpha value is -2.47. The lowest BCUT2D eigenvalue weighted by Crippen LogP contribution is -2.39. The Morgan fingerprint density at radius 2 is 2.07 bits per heavy atom. The van der Waals surface area contributed by atoms with Gasteiger partial charge in [0.1, 0.15) is 0 Å². The smallest absolute Gasteiger partial charge is 0.305 e. The number of para-hydroxylation sites is 1. The molecule has 0 radical (unpaired) electrons. The molecule has 1 aromatic carbocycles. The fraction of sp³-hybridized carbons (Fsp3) is 0.476. The number of nitrogens with zero attached hydrogens (tertiary/aromatic N) is 2. The van der Waals surface area contributed by atoms with Gasteiger partial charge >= 0.3 is 5.97 Å². The molecule has 27 heavy (non-hydrogen) atoms. The van der Waals surface area contributed by atoms with E-state index in [2.05, 4.69) is 4.98 Å². The van der Waals surface area contributed by atoms with Crippen molar-refractivity contribution in [1.29, 1.82) is 0 Å². The molecule has 0 saturated carbocycles. The van der Waals surface area contributed by atoms with E-state index in [0.29, 0.717) is 13.2 Å². The summed E-state index contributed by atoms with van der Waals surface area (Å²) in [5.41, 5.74) is 3.74. The van der Waals surface area contributed by atoms with Crippen LogP contribution in [0.15, 0.2) is 24.3 Å². The number of aromatic nitrogens is 1. The minimum absolute atomic E-state index is 0.000308. The highest BCUT2D eigenvalue weighted by Gasteiger charge is 2.24. The summed E-state index contributed by atoms with van der Waals surface area (Å²) in [6.45, 7) is 5.29. The molecule has 2 aromatic rings. The molecular formula is C21H26N2O4. The number of fused-ring (bicyclic) bond motifs is 1. The van der Waals surface area contributed by atoms with Crippen LogP contribution in [0, 0.1) is 13.8 Å². The normalized spacial score (nSPS) is 16.6. The van der Waals surface area contributed by atoms with E-state index in [1.165, 1.54) is 0 Å². The minimum atomic E-state index is -0.903. The predicted octanol–water partition coefficient (Wildman–Crippen LogP) is 2.88. The lowest BCUT2D eigenvalue weighted by Gasteiger charge is -2.25. The van der Waals surface area contributed by atoms with Crippen LogP contribution in [0.5, 0.6) is 0 Å². The van der Waals surface area contributed by atoms with Crippen LogP contribution in [-0.4, -0.2) is 52.7 Å². The van der Waals surface area contributed by atoms with Gasteiger partial charge in [-0.15, -0.1) is 0 Å². The van der Waals surface area contributed by atoms with Crippen molar-refractivity contribution in [3.8, 4) is 0 Å². The first-order chi connectivity index (χ1) is 13.0. The molecule has 1 aromatic heterocycles. The molecule has 1 aliphatic heterocycles. The predicted molar refractivity (Wildman–Crippen MR) is 103 cm³/mol. The molecule has 1 aliphatic rings. The first kappa shape index (κ1) is 19.3. The second-order valence-electron chi connectivity index (χ2n) is 7.11. The maximum Gasteiger partial charge on any atom is 0.305 e. The number of hydrogen-bond acceptors (Lipinski definition) is 4. The van der Waals surface area contributed by atoms with Crippen molar-refractivity contribution in [3.05, 3.63) is 41.1 Å². The van der Waals surface area contributed by atoms with Crippen LogP contribution >= 0.6 is 0 Å². The number of rotatable bonds is 7. The topological polar surface area (TPSA) is 79.7 Å². The maximum absolute atomic E-state index is 13.0. The van der Waals surface area contributed by atoms with Crippen LogP contribution < -0.4 is 0 Å². The minimum Gasteiger partial charge on any atom is -0.481 e. The van der Waals surface area contributed by atoms with Crippen molar-refractivity contribution >= 4 is 22.8 Å². The van der Waals surface area contributed by atoms with E-state index in [1.54, 1.807) is 4.90 Å². The Balaban J connectivity index is 1.81. The molecule has 1 atom stereocenters. The van der Waals surface area contributed by atoms with Gasteiger partial charge in [0.2, 0.25) is 5.91 Å². The third-order valence-corrected chi connectivity index (χ3v) is 5.21. The summed E-state index contributed by atoms with van der Waals surface area (Å²) in [4.78, 5) is 30.3. The number of benzene rings is 1. The van der Waals surface area contributed by atoms with Crippen molar-refractivity contribution in [2.75, 3.05) is 19.7 Å². The summed E-state index contributed by atoms with van der Waals surface area (Å²) >= 11 is 0. The van der Waals surface area contributed by atoms with Gasteiger partial charge in [0, 0.05) is 30.8 Å². The van der Waals surface area contributed by atoms with Gasteiger partial charge in [0.05, 0.1) is 24.5 Å². The number of ether oxygens (including phenoxy) is 1. The molecule has 0 unspecified atom stereocenters. The third-order valence-electron chi connectivity index (χ3n) is 5.21. The van der Waals surface area contributed by atoms with Gasteiger partial charge in [-0.05, 0) is 43.9 Å².